The number of unbranched alkanes of at least 4 members (excludes halogenated alkanes) is 1. The molecule has 0 bridgehead atoms. The summed E-state index contributed by atoms with van der Waals surface area (Å²) in [6, 6.07) is 14.2. The highest BCUT2D eigenvalue weighted by Gasteiger charge is 2.28. The molecular weight excluding hydrogens is 424 g/mol. The van der Waals surface area contributed by atoms with E-state index in [0.717, 1.165) is 11.8 Å². The lowest BCUT2D eigenvalue weighted by Crippen LogP contribution is -2.11. The molecule has 0 amide bonds. The van der Waals surface area contributed by atoms with Crippen molar-refractivity contribution < 1.29 is 0 Å². The molecule has 0 aliphatic heterocycles. The Morgan fingerprint density at radius 1 is 0.875 bits per heavy atom. The minimum atomic E-state index is 0.869. The standard InChI is InChI=1S/C30H34S2/c1-2-3-7-21(11-10-20-8-5-4-6-9-20)18-24-19-23-13-15-26-27-25(28(26)30(23)32-24)14-12-22-16-17-31-29(22)27/h12-17,19-21H,2-11,18H2,1H3. The van der Waals surface area contributed by atoms with Crippen LogP contribution in [-0.2, 0) is 6.42 Å². The molecule has 4 aromatic rings. The first kappa shape index (κ1) is 20.9. The summed E-state index contributed by atoms with van der Waals surface area (Å²) >= 11 is 3.98. The fourth-order valence-electron chi connectivity index (χ4n) is 6.25. The number of benzene rings is 2. The van der Waals surface area contributed by atoms with Crippen LogP contribution in [-0.4, -0.2) is 0 Å². The summed E-state index contributed by atoms with van der Waals surface area (Å²) in [6.45, 7) is 2.35. The van der Waals surface area contributed by atoms with Gasteiger partial charge in [0.15, 0.2) is 0 Å². The van der Waals surface area contributed by atoms with Crippen LogP contribution in [0.3, 0.4) is 0 Å². The van der Waals surface area contributed by atoms with Crippen molar-refractivity contribution in [2.45, 2.75) is 77.6 Å². The van der Waals surface area contributed by atoms with Crippen LogP contribution in [0.2, 0.25) is 0 Å². The van der Waals surface area contributed by atoms with Crippen molar-refractivity contribution in [2.24, 2.45) is 11.8 Å². The second kappa shape index (κ2) is 8.95. The first-order valence-corrected chi connectivity index (χ1v) is 14.6. The largest absolute Gasteiger partial charge is 0.143 e. The van der Waals surface area contributed by atoms with Gasteiger partial charge < -0.3 is 0 Å². The molecule has 2 heteroatoms. The Bertz CT molecular complexity index is 1230. The zero-order valence-electron chi connectivity index (χ0n) is 19.3. The molecule has 2 aromatic carbocycles. The minimum absolute atomic E-state index is 0.869. The topological polar surface area (TPSA) is 0 Å². The van der Waals surface area contributed by atoms with Crippen LogP contribution in [0.1, 0.15) is 76.0 Å². The Hall–Kier alpha value is -1.64. The van der Waals surface area contributed by atoms with Gasteiger partial charge in [-0.05, 0) is 64.1 Å². The quantitative estimate of drug-likeness (QED) is 0.217. The second-order valence-electron chi connectivity index (χ2n) is 10.2. The van der Waals surface area contributed by atoms with Crippen molar-refractivity contribution in [3.05, 3.63) is 46.7 Å². The zero-order chi connectivity index (χ0) is 21.5. The molecule has 1 atom stereocenters. The van der Waals surface area contributed by atoms with E-state index in [1.807, 2.05) is 11.3 Å². The average Bonchev–Trinajstić information content (AvgIpc) is 3.43. The smallest absolute Gasteiger partial charge is 0.0430 e. The molecule has 0 N–H and O–H groups in total. The van der Waals surface area contributed by atoms with E-state index in [1.165, 1.54) is 113 Å². The monoisotopic (exact) mass is 458 g/mol. The zero-order valence-corrected chi connectivity index (χ0v) is 20.9. The summed E-state index contributed by atoms with van der Waals surface area (Å²) in [5, 5.41) is 5.08. The lowest BCUT2D eigenvalue weighted by Gasteiger charge is -2.25. The van der Waals surface area contributed by atoms with Crippen molar-refractivity contribution >= 4 is 42.8 Å². The average molecular weight is 459 g/mol. The third-order valence-corrected chi connectivity index (χ3v) is 10.2. The summed E-state index contributed by atoms with van der Waals surface area (Å²) in [5.41, 5.74) is 5.98. The van der Waals surface area contributed by atoms with E-state index in [-0.39, 0.29) is 0 Å². The number of thiophene rings is 2. The first-order chi connectivity index (χ1) is 15.8. The molecule has 0 nitrogen and oxygen atoms in total. The van der Waals surface area contributed by atoms with Crippen LogP contribution in [0.25, 0.3) is 42.4 Å². The third kappa shape index (κ3) is 3.74. The Balaban J connectivity index is 1.24. The molecule has 0 radical (unpaired) electrons. The van der Waals surface area contributed by atoms with Crippen molar-refractivity contribution in [2.75, 3.05) is 0 Å². The van der Waals surface area contributed by atoms with Gasteiger partial charge in [-0.3, -0.25) is 0 Å². The summed E-state index contributed by atoms with van der Waals surface area (Å²) in [4.78, 5) is 1.61. The number of hydrogen-bond acceptors (Lipinski definition) is 2. The van der Waals surface area contributed by atoms with Gasteiger partial charge in [-0.15, -0.1) is 22.7 Å². The van der Waals surface area contributed by atoms with E-state index in [9.17, 15) is 0 Å². The summed E-state index contributed by atoms with van der Waals surface area (Å²) < 4.78 is 3.00. The molecule has 1 saturated carbocycles. The first-order valence-electron chi connectivity index (χ1n) is 12.9. The van der Waals surface area contributed by atoms with E-state index >= 15 is 0 Å². The van der Waals surface area contributed by atoms with Crippen molar-refractivity contribution in [1.29, 1.82) is 0 Å². The van der Waals surface area contributed by atoms with Crippen LogP contribution >= 0.6 is 22.7 Å². The normalized spacial score (nSPS) is 16.8. The fraction of sp³-hybridized carbons (Fsp3) is 0.467. The Labute approximate surface area is 200 Å². The van der Waals surface area contributed by atoms with Gasteiger partial charge in [0, 0.05) is 25.4 Å². The molecule has 32 heavy (non-hydrogen) atoms. The fourth-order valence-corrected chi connectivity index (χ4v) is 8.55. The van der Waals surface area contributed by atoms with Crippen molar-refractivity contribution in [1.82, 2.24) is 0 Å². The Morgan fingerprint density at radius 2 is 1.66 bits per heavy atom. The molecule has 2 aliphatic rings. The van der Waals surface area contributed by atoms with Gasteiger partial charge in [0.1, 0.15) is 0 Å². The molecule has 6 rings (SSSR count). The molecule has 0 saturated heterocycles. The molecule has 2 aromatic heterocycles. The maximum atomic E-state index is 2.52. The van der Waals surface area contributed by atoms with Gasteiger partial charge in [0.25, 0.3) is 0 Å². The van der Waals surface area contributed by atoms with Gasteiger partial charge >= 0.3 is 0 Å². The van der Waals surface area contributed by atoms with Crippen LogP contribution in [0, 0.1) is 11.8 Å². The third-order valence-electron chi connectivity index (χ3n) is 8.06. The van der Waals surface area contributed by atoms with E-state index in [4.69, 9.17) is 0 Å². The van der Waals surface area contributed by atoms with E-state index in [1.54, 1.807) is 4.88 Å². The molecular formula is C30H34S2. The minimum Gasteiger partial charge on any atom is -0.143 e. The van der Waals surface area contributed by atoms with E-state index < -0.39 is 0 Å². The highest BCUT2D eigenvalue weighted by atomic mass is 32.1. The maximum Gasteiger partial charge on any atom is 0.0430 e. The number of fused-ring (bicyclic) bond motifs is 8. The number of rotatable bonds is 8. The molecule has 166 valence electrons. The highest BCUT2D eigenvalue weighted by Crippen LogP contribution is 2.55. The van der Waals surface area contributed by atoms with Crippen molar-refractivity contribution in [3.8, 4) is 22.3 Å². The van der Waals surface area contributed by atoms with Crippen molar-refractivity contribution in [3.63, 3.8) is 0 Å². The maximum absolute atomic E-state index is 2.52. The predicted octanol–water partition coefficient (Wildman–Crippen LogP) is 10.5. The van der Waals surface area contributed by atoms with Gasteiger partial charge in [-0.2, -0.15) is 0 Å². The van der Waals surface area contributed by atoms with Crippen LogP contribution in [0.15, 0.2) is 41.8 Å². The van der Waals surface area contributed by atoms with Crippen LogP contribution in [0.5, 0.6) is 0 Å². The predicted molar refractivity (Wildman–Crippen MR) is 144 cm³/mol. The number of hydrogen-bond donors (Lipinski definition) is 0. The Morgan fingerprint density at radius 3 is 2.47 bits per heavy atom. The lowest BCUT2D eigenvalue weighted by atomic mass is 9.79. The van der Waals surface area contributed by atoms with Gasteiger partial charge in [-0.1, -0.05) is 89.0 Å². The Kier molecular flexibility index (Phi) is 5.86. The molecule has 1 unspecified atom stereocenters. The highest BCUT2D eigenvalue weighted by molar-refractivity contribution is 7.20. The SMILES string of the molecule is CCCCC(CCC1CCCCC1)Cc1cc2ccc3c(c2s1)-c1ccc2ccsc2c1-3. The summed E-state index contributed by atoms with van der Waals surface area (Å²) in [6.07, 6.45) is 15.7. The summed E-state index contributed by atoms with van der Waals surface area (Å²) in [7, 11) is 0. The van der Waals surface area contributed by atoms with Gasteiger partial charge in [-0.25, -0.2) is 0 Å². The molecule has 0 spiro atoms. The molecule has 2 aliphatic carbocycles. The van der Waals surface area contributed by atoms with Crippen LogP contribution < -0.4 is 0 Å². The van der Waals surface area contributed by atoms with Gasteiger partial charge in [0.2, 0.25) is 0 Å². The lowest BCUT2D eigenvalue weighted by molar-refractivity contribution is 0.299. The summed E-state index contributed by atoms with van der Waals surface area (Å²) in [5.74, 6) is 1.88. The molecule has 2 heterocycles. The van der Waals surface area contributed by atoms with E-state index in [2.05, 4.69) is 60.0 Å². The second-order valence-corrected chi connectivity index (χ2v) is 12.3. The molecule has 1 fully saturated rings. The van der Waals surface area contributed by atoms with Crippen LogP contribution in [0.4, 0.5) is 0 Å². The van der Waals surface area contributed by atoms with E-state index in [0.29, 0.717) is 0 Å². The van der Waals surface area contributed by atoms with Gasteiger partial charge in [0.05, 0.1) is 0 Å².